The quantitative estimate of drug-likeness (QED) is 0.448. The normalized spacial score (nSPS) is 19.6. The number of carbonyl (C=O) groups excluding carboxylic acids is 2. The van der Waals surface area contributed by atoms with Crippen LogP contribution in [0.3, 0.4) is 0 Å². The van der Waals surface area contributed by atoms with E-state index in [1.54, 1.807) is 4.90 Å². The number of urea groups is 1. The second-order valence-corrected chi connectivity index (χ2v) is 11.9. The number of hydrogen-bond acceptors (Lipinski definition) is 4. The van der Waals surface area contributed by atoms with Gasteiger partial charge in [0.25, 0.3) is 0 Å². The van der Waals surface area contributed by atoms with Gasteiger partial charge < -0.3 is 20.3 Å². The van der Waals surface area contributed by atoms with Gasteiger partial charge in [0.1, 0.15) is 5.54 Å². The number of halogens is 2. The molecular formula is C28H36Cl2N4O3. The van der Waals surface area contributed by atoms with Crippen molar-refractivity contribution in [2.75, 3.05) is 51.3 Å². The molecule has 1 fully saturated rings. The third-order valence-corrected chi connectivity index (χ3v) is 7.25. The van der Waals surface area contributed by atoms with E-state index in [1.165, 1.54) is 0 Å². The highest BCUT2D eigenvalue weighted by Crippen LogP contribution is 2.45. The van der Waals surface area contributed by atoms with E-state index in [2.05, 4.69) is 36.3 Å². The summed E-state index contributed by atoms with van der Waals surface area (Å²) in [5, 5.41) is 7.34. The van der Waals surface area contributed by atoms with Gasteiger partial charge in [-0.15, -0.1) is 0 Å². The molecule has 2 heterocycles. The maximum atomic E-state index is 13.9. The number of fused-ring (bicyclic) bond motifs is 1. The molecule has 2 aromatic rings. The lowest BCUT2D eigenvalue weighted by Crippen LogP contribution is -2.55. The van der Waals surface area contributed by atoms with Crippen molar-refractivity contribution in [1.29, 1.82) is 0 Å². The lowest BCUT2D eigenvalue weighted by molar-refractivity contribution is -0.129. The molecule has 37 heavy (non-hydrogen) atoms. The standard InChI is InChI=1S/C28H36Cl2N4O3/c1-27(2,3)19-34(11-5-10-31-26(36)33-12-14-37-15-13-33)28(18-20-6-4-7-21(29)16-20)23-9-8-22(30)17-24(23)32-25(28)35/h4,6-9,16-17H,5,10-15,18-19H2,1-3H3,(H,31,36)(H,32,35). The van der Waals surface area contributed by atoms with E-state index >= 15 is 0 Å². The van der Waals surface area contributed by atoms with Crippen LogP contribution in [0.4, 0.5) is 10.5 Å². The average Bonchev–Trinajstić information content (AvgIpc) is 3.11. The molecule has 1 atom stereocenters. The summed E-state index contributed by atoms with van der Waals surface area (Å²) in [6.45, 7) is 10.7. The molecule has 0 spiro atoms. The molecule has 4 rings (SSSR count). The van der Waals surface area contributed by atoms with Crippen molar-refractivity contribution in [1.82, 2.24) is 15.1 Å². The number of morpholine rings is 1. The Balaban J connectivity index is 1.62. The lowest BCUT2D eigenvalue weighted by Gasteiger charge is -2.43. The van der Waals surface area contributed by atoms with Crippen LogP contribution in [-0.2, 0) is 21.5 Å². The Bertz CT molecular complexity index is 1130. The summed E-state index contributed by atoms with van der Waals surface area (Å²) in [4.78, 5) is 30.5. The molecule has 2 aliphatic rings. The van der Waals surface area contributed by atoms with Crippen LogP contribution >= 0.6 is 23.2 Å². The number of nitrogens with one attached hydrogen (secondary N) is 2. The van der Waals surface area contributed by atoms with Crippen LogP contribution in [0.5, 0.6) is 0 Å². The van der Waals surface area contributed by atoms with E-state index in [0.717, 1.165) is 16.8 Å². The van der Waals surface area contributed by atoms with Gasteiger partial charge in [-0.3, -0.25) is 9.69 Å². The molecule has 0 aromatic heterocycles. The van der Waals surface area contributed by atoms with Crippen LogP contribution in [-0.4, -0.2) is 67.7 Å². The number of benzene rings is 2. The summed E-state index contributed by atoms with van der Waals surface area (Å²) in [5.41, 5.74) is 1.60. The zero-order valence-electron chi connectivity index (χ0n) is 21.8. The summed E-state index contributed by atoms with van der Waals surface area (Å²) in [5.74, 6) is -0.0775. The van der Waals surface area contributed by atoms with Gasteiger partial charge in [0.05, 0.1) is 13.2 Å². The number of nitrogens with zero attached hydrogens (tertiary/aromatic N) is 2. The fourth-order valence-corrected chi connectivity index (χ4v) is 5.58. The summed E-state index contributed by atoms with van der Waals surface area (Å²) in [6, 6.07) is 13.2. The van der Waals surface area contributed by atoms with E-state index in [1.807, 2.05) is 42.5 Å². The second-order valence-electron chi connectivity index (χ2n) is 11.0. The van der Waals surface area contributed by atoms with Crippen molar-refractivity contribution in [2.24, 2.45) is 5.41 Å². The summed E-state index contributed by atoms with van der Waals surface area (Å²) >= 11 is 12.6. The van der Waals surface area contributed by atoms with Crippen LogP contribution < -0.4 is 10.6 Å². The van der Waals surface area contributed by atoms with Gasteiger partial charge in [-0.25, -0.2) is 4.79 Å². The van der Waals surface area contributed by atoms with E-state index in [9.17, 15) is 9.59 Å². The van der Waals surface area contributed by atoms with E-state index in [-0.39, 0.29) is 17.4 Å². The van der Waals surface area contributed by atoms with Gasteiger partial charge in [0.15, 0.2) is 0 Å². The van der Waals surface area contributed by atoms with Crippen molar-refractivity contribution >= 4 is 40.8 Å². The van der Waals surface area contributed by atoms with Gasteiger partial charge in [-0.2, -0.15) is 0 Å². The van der Waals surface area contributed by atoms with Crippen LogP contribution in [0, 0.1) is 5.41 Å². The molecule has 9 heteroatoms. The molecule has 1 saturated heterocycles. The molecule has 2 aliphatic heterocycles. The van der Waals surface area contributed by atoms with Crippen molar-refractivity contribution in [2.45, 2.75) is 39.2 Å². The highest BCUT2D eigenvalue weighted by atomic mass is 35.5. The zero-order valence-corrected chi connectivity index (χ0v) is 23.3. The molecular weight excluding hydrogens is 511 g/mol. The van der Waals surface area contributed by atoms with Crippen LogP contribution in [0.1, 0.15) is 38.3 Å². The number of rotatable bonds is 8. The predicted molar refractivity (Wildman–Crippen MR) is 148 cm³/mol. The van der Waals surface area contributed by atoms with Gasteiger partial charge in [-0.1, -0.05) is 62.2 Å². The Morgan fingerprint density at radius 3 is 2.57 bits per heavy atom. The molecule has 0 radical (unpaired) electrons. The van der Waals surface area contributed by atoms with E-state index in [4.69, 9.17) is 27.9 Å². The largest absolute Gasteiger partial charge is 0.378 e. The third-order valence-electron chi connectivity index (χ3n) is 6.78. The molecule has 7 nitrogen and oxygen atoms in total. The smallest absolute Gasteiger partial charge is 0.317 e. The SMILES string of the molecule is CC(C)(C)CN(CCCNC(=O)N1CCOCC1)C1(Cc2cccc(Cl)c2)C(=O)Nc2cc(Cl)ccc21. The summed E-state index contributed by atoms with van der Waals surface area (Å²) in [7, 11) is 0. The van der Waals surface area contributed by atoms with Gasteiger partial charge >= 0.3 is 6.03 Å². The number of amides is 3. The first-order valence-electron chi connectivity index (χ1n) is 12.8. The molecule has 0 saturated carbocycles. The first-order valence-corrected chi connectivity index (χ1v) is 13.6. The molecule has 1 unspecified atom stereocenters. The lowest BCUT2D eigenvalue weighted by atomic mass is 9.81. The Labute approximate surface area is 229 Å². The maximum Gasteiger partial charge on any atom is 0.317 e. The second kappa shape index (κ2) is 11.6. The highest BCUT2D eigenvalue weighted by molar-refractivity contribution is 6.31. The van der Waals surface area contributed by atoms with Gasteiger partial charge in [0.2, 0.25) is 5.91 Å². The summed E-state index contributed by atoms with van der Waals surface area (Å²) in [6.07, 6.45) is 1.16. The fraction of sp³-hybridized carbons (Fsp3) is 0.500. The highest BCUT2D eigenvalue weighted by Gasteiger charge is 2.51. The molecule has 0 aliphatic carbocycles. The van der Waals surface area contributed by atoms with Crippen LogP contribution in [0.25, 0.3) is 0 Å². The van der Waals surface area contributed by atoms with Crippen molar-refractivity contribution in [3.63, 3.8) is 0 Å². The number of anilines is 1. The Morgan fingerprint density at radius 1 is 1.14 bits per heavy atom. The zero-order chi connectivity index (χ0) is 26.6. The Morgan fingerprint density at radius 2 is 1.86 bits per heavy atom. The maximum absolute atomic E-state index is 13.9. The molecule has 2 aromatic carbocycles. The minimum absolute atomic E-state index is 0.0714. The topological polar surface area (TPSA) is 73.9 Å². The molecule has 0 bridgehead atoms. The minimum Gasteiger partial charge on any atom is -0.378 e. The average molecular weight is 548 g/mol. The summed E-state index contributed by atoms with van der Waals surface area (Å²) < 4.78 is 5.34. The monoisotopic (exact) mass is 546 g/mol. The predicted octanol–water partition coefficient (Wildman–Crippen LogP) is 5.16. The molecule has 200 valence electrons. The van der Waals surface area contributed by atoms with Gasteiger partial charge in [-0.05, 0) is 41.7 Å². The Hall–Kier alpha value is -2.32. The number of hydrogen-bond donors (Lipinski definition) is 2. The number of carbonyl (C=O) groups is 2. The van der Waals surface area contributed by atoms with Crippen LogP contribution in [0.15, 0.2) is 42.5 Å². The fourth-order valence-electron chi connectivity index (χ4n) is 5.19. The minimum atomic E-state index is -0.938. The van der Waals surface area contributed by atoms with E-state index in [0.29, 0.717) is 68.8 Å². The molecule has 2 N–H and O–H groups in total. The van der Waals surface area contributed by atoms with Crippen molar-refractivity contribution in [3.05, 3.63) is 63.6 Å². The van der Waals surface area contributed by atoms with Crippen molar-refractivity contribution < 1.29 is 14.3 Å². The third kappa shape index (κ3) is 6.58. The Kier molecular flexibility index (Phi) is 8.69. The van der Waals surface area contributed by atoms with Crippen molar-refractivity contribution in [3.8, 4) is 0 Å². The first kappa shape index (κ1) is 27.7. The first-order chi connectivity index (χ1) is 17.6. The van der Waals surface area contributed by atoms with Gasteiger partial charge in [0, 0.05) is 60.4 Å². The van der Waals surface area contributed by atoms with E-state index < -0.39 is 5.54 Å². The van der Waals surface area contributed by atoms with Crippen LogP contribution in [0.2, 0.25) is 10.0 Å². The number of ether oxygens (including phenoxy) is 1. The molecule has 3 amide bonds.